The van der Waals surface area contributed by atoms with Crippen LogP contribution in [0.25, 0.3) is 0 Å². The van der Waals surface area contributed by atoms with Crippen LogP contribution in [-0.2, 0) is 42.8 Å². The van der Waals surface area contributed by atoms with Gasteiger partial charge in [-0.25, -0.2) is 4.79 Å². The molecule has 3 saturated heterocycles. The number of aliphatic hydroxyl groups is 9. The van der Waals surface area contributed by atoms with Crippen molar-refractivity contribution in [3.05, 3.63) is 11.6 Å². The summed E-state index contributed by atoms with van der Waals surface area (Å²) in [6, 6.07) is 0. The van der Waals surface area contributed by atoms with Gasteiger partial charge in [0, 0.05) is 0 Å². The minimum atomic E-state index is -2.14. The lowest BCUT2D eigenvalue weighted by atomic mass is 9.33. The fraction of sp³-hybridized carbons (Fsp3) is 0.894. The molecule has 0 aromatic heterocycles. The molecule has 11 N–H and O–H groups in total. The zero-order valence-corrected chi connectivity index (χ0v) is 39.0. The van der Waals surface area contributed by atoms with Crippen LogP contribution in [0, 0.1) is 50.2 Å². The van der Waals surface area contributed by atoms with Crippen LogP contribution >= 0.6 is 0 Å². The lowest BCUT2D eigenvalue weighted by molar-refractivity contribution is -0.391. The molecule has 24 atom stereocenters. The average molecular weight is 957 g/mol. The number of carbonyl (C=O) groups is 3. The zero-order valence-electron chi connectivity index (χ0n) is 39.0. The lowest BCUT2D eigenvalue weighted by Gasteiger charge is -2.71. The second-order valence-electron chi connectivity index (χ2n) is 22.8. The molecule has 3 heterocycles. The molecule has 5 aliphatic carbocycles. The molecule has 20 heteroatoms. The number of aliphatic hydroxyl groups excluding tert-OH is 9. The fourth-order valence-electron chi connectivity index (χ4n) is 14.8. The summed E-state index contributed by atoms with van der Waals surface area (Å²) in [7, 11) is 0. The Morgan fingerprint density at radius 1 is 0.731 bits per heavy atom. The van der Waals surface area contributed by atoms with Crippen LogP contribution in [0.15, 0.2) is 11.6 Å². The topological polar surface area (TPSA) is 329 Å². The van der Waals surface area contributed by atoms with Gasteiger partial charge in [-0.15, -0.1) is 0 Å². The Balaban J connectivity index is 1.13. The summed E-state index contributed by atoms with van der Waals surface area (Å²) in [5, 5.41) is 118. The summed E-state index contributed by atoms with van der Waals surface area (Å²) >= 11 is 0. The van der Waals surface area contributed by atoms with E-state index in [-0.39, 0.29) is 36.0 Å². The number of aliphatic carboxylic acids is 2. The van der Waals surface area contributed by atoms with Crippen LogP contribution in [-0.4, -0.2) is 186 Å². The first-order valence-corrected chi connectivity index (χ1v) is 23.8. The van der Waals surface area contributed by atoms with Crippen molar-refractivity contribution in [2.75, 3.05) is 13.2 Å². The number of aldehydes is 1. The molecule has 0 amide bonds. The van der Waals surface area contributed by atoms with Crippen molar-refractivity contribution in [3.8, 4) is 0 Å². The Kier molecular flexibility index (Phi) is 13.6. The highest BCUT2D eigenvalue weighted by molar-refractivity contribution is 5.78. The molecule has 7 fully saturated rings. The quantitative estimate of drug-likeness (QED) is 0.0753. The SMILES string of the molecule is CC1(C)CC[C@]2(C(=O)O)[C@H](O)C[C@]3(C)C(=CC[C@@H]4[C@@]5(C)CC[C@H](O[C@@H]6O[C@H](C(=O)O)[C@@H](O)[C@H](O[C@@H]7OC[C@@H](O)[C@H](O)[C@H]7O)[C@H]6O[C@@H]6O[C@H](CO)[C@H](O)[C@H](O)[C@H]6O)[C@@](C)(C=O)[C@@H]5CC[C@]43C)[C@H]2C1. The van der Waals surface area contributed by atoms with Crippen molar-refractivity contribution in [2.45, 2.75) is 198 Å². The third kappa shape index (κ3) is 7.78. The molecule has 0 radical (unpaired) electrons. The Hall–Kier alpha value is -2.25. The Bertz CT molecular complexity index is 1910. The normalized spacial score (nSPS) is 54.0. The van der Waals surface area contributed by atoms with E-state index in [4.69, 9.17) is 28.4 Å². The maximum atomic E-state index is 13.8. The smallest absolute Gasteiger partial charge is 0.335 e. The van der Waals surface area contributed by atoms with Gasteiger partial charge in [-0.3, -0.25) is 4.79 Å². The van der Waals surface area contributed by atoms with Gasteiger partial charge in [0.25, 0.3) is 0 Å². The average Bonchev–Trinajstić information content (AvgIpc) is 3.26. The predicted molar refractivity (Wildman–Crippen MR) is 227 cm³/mol. The highest BCUT2D eigenvalue weighted by Crippen LogP contribution is 2.76. The van der Waals surface area contributed by atoms with Gasteiger partial charge in [0.05, 0.1) is 30.8 Å². The number of fused-ring (bicyclic) bond motifs is 7. The lowest BCUT2D eigenvalue weighted by Crippen LogP contribution is -2.69. The molecule has 20 nitrogen and oxygen atoms in total. The van der Waals surface area contributed by atoms with Crippen LogP contribution in [0.3, 0.4) is 0 Å². The summed E-state index contributed by atoms with van der Waals surface area (Å²) in [5.74, 6) is -3.36. The Morgan fingerprint density at radius 3 is 2.04 bits per heavy atom. The van der Waals surface area contributed by atoms with E-state index in [9.17, 15) is 70.6 Å². The molecule has 67 heavy (non-hydrogen) atoms. The minimum absolute atomic E-state index is 0.0258. The molecule has 0 aromatic carbocycles. The van der Waals surface area contributed by atoms with E-state index in [1.165, 1.54) is 0 Å². The minimum Gasteiger partial charge on any atom is -0.481 e. The maximum Gasteiger partial charge on any atom is 0.335 e. The monoisotopic (exact) mass is 956 g/mol. The number of hydrogen-bond donors (Lipinski definition) is 11. The van der Waals surface area contributed by atoms with E-state index in [0.717, 1.165) is 11.9 Å². The molecule has 3 aliphatic heterocycles. The summed E-state index contributed by atoms with van der Waals surface area (Å²) in [5.41, 5.74) is -3.10. The van der Waals surface area contributed by atoms with Gasteiger partial charge in [-0.1, -0.05) is 53.2 Å². The number of rotatable bonds is 10. The van der Waals surface area contributed by atoms with E-state index in [0.29, 0.717) is 44.9 Å². The largest absolute Gasteiger partial charge is 0.481 e. The van der Waals surface area contributed by atoms with Crippen molar-refractivity contribution in [3.63, 3.8) is 0 Å². The highest BCUT2D eigenvalue weighted by Gasteiger charge is 2.72. The van der Waals surface area contributed by atoms with Crippen molar-refractivity contribution in [1.29, 1.82) is 0 Å². The van der Waals surface area contributed by atoms with Gasteiger partial charge in [0.1, 0.15) is 72.7 Å². The van der Waals surface area contributed by atoms with Gasteiger partial charge in [-0.05, 0) is 97.2 Å². The molecule has 8 rings (SSSR count). The van der Waals surface area contributed by atoms with E-state index >= 15 is 0 Å². The number of allylic oxidation sites excluding steroid dienone is 2. The first-order chi connectivity index (χ1) is 31.3. The molecule has 8 aliphatic rings. The van der Waals surface area contributed by atoms with Crippen LogP contribution < -0.4 is 0 Å². The highest BCUT2D eigenvalue weighted by atomic mass is 16.8. The zero-order chi connectivity index (χ0) is 49.1. The molecule has 0 bridgehead atoms. The van der Waals surface area contributed by atoms with Crippen molar-refractivity contribution in [1.82, 2.24) is 0 Å². The maximum absolute atomic E-state index is 13.8. The number of hydrogen-bond acceptors (Lipinski definition) is 18. The van der Waals surface area contributed by atoms with Crippen LogP contribution in [0.1, 0.15) is 99.3 Å². The van der Waals surface area contributed by atoms with Gasteiger partial charge in [-0.2, -0.15) is 0 Å². The number of carboxylic acids is 2. The molecular weight excluding hydrogens is 884 g/mol. The van der Waals surface area contributed by atoms with Gasteiger partial charge in [0.2, 0.25) is 0 Å². The number of ether oxygens (including phenoxy) is 6. The Labute approximate surface area is 389 Å². The second kappa shape index (κ2) is 17.8. The molecular formula is C47H72O20. The van der Waals surface area contributed by atoms with E-state index in [1.54, 1.807) is 6.92 Å². The summed E-state index contributed by atoms with van der Waals surface area (Å²) < 4.78 is 35.9. The Morgan fingerprint density at radius 2 is 1.40 bits per heavy atom. The number of carboxylic acid groups (broad SMARTS) is 2. The summed E-state index contributed by atoms with van der Waals surface area (Å²) in [6.45, 7) is 11.3. The van der Waals surface area contributed by atoms with Crippen LogP contribution in [0.5, 0.6) is 0 Å². The van der Waals surface area contributed by atoms with Crippen molar-refractivity contribution >= 4 is 18.2 Å². The fourth-order valence-corrected chi connectivity index (χ4v) is 14.8. The first kappa shape index (κ1) is 51.1. The third-order valence-electron chi connectivity index (χ3n) is 18.9. The standard InChI is InChI=1S/C47H72O20/c1-42(2)13-14-47(41(60)61)21(15-42)20-7-8-25-43(3)11-10-27(44(4,19-49)24(43)9-12-45(25,5)46(20,6)16-26(47)51)64-40-36(67-39-32(56)30(54)29(53)23(17-48)63-39)34(33(57)35(66-40)37(58)59)65-38-31(55)28(52)22(50)18-62-38/h7,19,21-36,38-40,48,50-57H,8-18H2,1-6H3,(H,58,59)(H,60,61)/t21-,22-,23-,24-,25-,26-,27+,28+,29+,30+,31-,32-,33+,34+,35+,36-,38+,39+,40-,43+,44+,45-,46-,47-/m1/s1. The molecule has 0 unspecified atom stereocenters. The van der Waals surface area contributed by atoms with E-state index < -0.39 is 150 Å². The van der Waals surface area contributed by atoms with Gasteiger partial charge < -0.3 is 89.4 Å². The van der Waals surface area contributed by atoms with Gasteiger partial charge >= 0.3 is 11.9 Å². The molecule has 380 valence electrons. The van der Waals surface area contributed by atoms with Crippen molar-refractivity contribution in [2.24, 2.45) is 50.2 Å². The molecule has 0 aromatic rings. The number of carbonyl (C=O) groups excluding carboxylic acids is 1. The van der Waals surface area contributed by atoms with Crippen LogP contribution in [0.4, 0.5) is 0 Å². The predicted octanol–water partition coefficient (Wildman–Crippen LogP) is -0.413. The first-order valence-electron chi connectivity index (χ1n) is 23.8. The van der Waals surface area contributed by atoms with Gasteiger partial charge in [0.15, 0.2) is 25.0 Å². The molecule has 0 spiro atoms. The summed E-state index contributed by atoms with van der Waals surface area (Å²) in [4.78, 5) is 39.8. The van der Waals surface area contributed by atoms with Crippen molar-refractivity contribution < 1.29 is 99.0 Å². The van der Waals surface area contributed by atoms with E-state index in [1.807, 2.05) is 0 Å². The molecule has 4 saturated carbocycles. The summed E-state index contributed by atoms with van der Waals surface area (Å²) in [6.07, 6.45) is -20.5. The van der Waals surface area contributed by atoms with Crippen LogP contribution in [0.2, 0.25) is 0 Å². The third-order valence-corrected chi connectivity index (χ3v) is 18.9. The second-order valence-corrected chi connectivity index (χ2v) is 22.8. The van der Waals surface area contributed by atoms with E-state index in [2.05, 4.69) is 40.7 Å².